The predicted molar refractivity (Wildman–Crippen MR) is 71.6 cm³/mol. The lowest BCUT2D eigenvalue weighted by Crippen LogP contribution is -2.37. The van der Waals surface area contributed by atoms with E-state index in [1.807, 2.05) is 0 Å². The first kappa shape index (κ1) is 13.8. The van der Waals surface area contributed by atoms with Gasteiger partial charge < -0.3 is 10.4 Å². The molecule has 1 aliphatic rings. The molecule has 1 fully saturated rings. The summed E-state index contributed by atoms with van der Waals surface area (Å²) in [5, 5.41) is 12.5. The maximum absolute atomic E-state index is 13.1. The second-order valence-corrected chi connectivity index (χ2v) is 5.26. The van der Waals surface area contributed by atoms with Crippen LogP contribution < -0.4 is 5.32 Å². The van der Waals surface area contributed by atoms with Gasteiger partial charge in [0.1, 0.15) is 11.6 Å². The van der Waals surface area contributed by atoms with Crippen LogP contribution in [0.5, 0.6) is 5.75 Å². The fourth-order valence-electron chi connectivity index (χ4n) is 2.67. The van der Waals surface area contributed by atoms with E-state index in [9.17, 15) is 14.3 Å². The minimum Gasteiger partial charge on any atom is -0.507 e. The van der Waals surface area contributed by atoms with Crippen molar-refractivity contribution >= 4 is 5.91 Å². The van der Waals surface area contributed by atoms with E-state index in [-0.39, 0.29) is 17.4 Å². The van der Waals surface area contributed by atoms with E-state index in [2.05, 4.69) is 12.2 Å². The average Bonchev–Trinajstić information content (AvgIpc) is 2.42. The number of hydrogen-bond acceptors (Lipinski definition) is 2. The van der Waals surface area contributed by atoms with Crippen molar-refractivity contribution in [3.63, 3.8) is 0 Å². The normalized spacial score (nSPS) is 23.1. The predicted octanol–water partition coefficient (Wildman–Crippen LogP) is 3.23. The Morgan fingerprint density at radius 3 is 2.68 bits per heavy atom. The number of hydrogen-bond donors (Lipinski definition) is 2. The van der Waals surface area contributed by atoms with Crippen molar-refractivity contribution in [3.8, 4) is 5.75 Å². The fourth-order valence-corrected chi connectivity index (χ4v) is 2.67. The molecule has 1 aromatic carbocycles. The van der Waals surface area contributed by atoms with Crippen LogP contribution in [0.15, 0.2) is 18.2 Å². The summed E-state index contributed by atoms with van der Waals surface area (Å²) in [6.45, 7) is 2.19. The number of benzene rings is 1. The molecule has 0 radical (unpaired) electrons. The third-order valence-electron chi connectivity index (χ3n) is 3.96. The van der Waals surface area contributed by atoms with Crippen LogP contribution in [0.25, 0.3) is 0 Å². The van der Waals surface area contributed by atoms with E-state index >= 15 is 0 Å². The molecular formula is C15H20FNO2. The first-order valence-electron chi connectivity index (χ1n) is 6.89. The Morgan fingerprint density at radius 1 is 1.37 bits per heavy atom. The molecular weight excluding hydrogens is 245 g/mol. The average molecular weight is 265 g/mol. The molecule has 0 atom stereocenters. The monoisotopic (exact) mass is 265 g/mol. The van der Waals surface area contributed by atoms with E-state index in [0.29, 0.717) is 0 Å². The van der Waals surface area contributed by atoms with Crippen LogP contribution >= 0.6 is 0 Å². The van der Waals surface area contributed by atoms with Gasteiger partial charge in [0.05, 0.1) is 5.56 Å². The zero-order chi connectivity index (χ0) is 13.8. The molecule has 0 saturated heterocycles. The molecule has 19 heavy (non-hydrogen) atoms. The van der Waals surface area contributed by atoms with Crippen LogP contribution in [-0.2, 0) is 0 Å². The van der Waals surface area contributed by atoms with Gasteiger partial charge >= 0.3 is 0 Å². The Hall–Kier alpha value is -1.58. The maximum atomic E-state index is 13.1. The van der Waals surface area contributed by atoms with Crippen LogP contribution in [0.2, 0.25) is 0 Å². The summed E-state index contributed by atoms with van der Waals surface area (Å²) >= 11 is 0. The Labute approximate surface area is 112 Å². The van der Waals surface area contributed by atoms with Gasteiger partial charge in [-0.05, 0) is 49.8 Å². The second kappa shape index (κ2) is 6.04. The highest BCUT2D eigenvalue weighted by Gasteiger charge is 2.22. The van der Waals surface area contributed by atoms with Crippen LogP contribution in [0.1, 0.15) is 49.4 Å². The molecule has 0 aromatic heterocycles. The number of carbonyl (C=O) groups is 1. The Kier molecular flexibility index (Phi) is 4.40. The van der Waals surface area contributed by atoms with Gasteiger partial charge in [-0.25, -0.2) is 4.39 Å². The molecule has 2 rings (SSSR count). The maximum Gasteiger partial charge on any atom is 0.255 e. The van der Waals surface area contributed by atoms with Crippen molar-refractivity contribution in [1.82, 2.24) is 5.32 Å². The molecule has 1 amide bonds. The molecule has 104 valence electrons. The highest BCUT2D eigenvalue weighted by Crippen LogP contribution is 2.27. The van der Waals surface area contributed by atoms with Gasteiger partial charge in [0.25, 0.3) is 5.91 Å². The summed E-state index contributed by atoms with van der Waals surface area (Å²) in [6.07, 6.45) is 5.35. The topological polar surface area (TPSA) is 49.3 Å². The third-order valence-corrected chi connectivity index (χ3v) is 3.96. The zero-order valence-electron chi connectivity index (χ0n) is 11.2. The molecule has 4 heteroatoms. The molecule has 1 saturated carbocycles. The Balaban J connectivity index is 1.96. The van der Waals surface area contributed by atoms with Gasteiger partial charge in [0.2, 0.25) is 0 Å². The van der Waals surface area contributed by atoms with Gasteiger partial charge in [0.15, 0.2) is 0 Å². The van der Waals surface area contributed by atoms with Crippen LogP contribution in [0.4, 0.5) is 4.39 Å². The van der Waals surface area contributed by atoms with E-state index in [1.54, 1.807) is 0 Å². The minimum atomic E-state index is -0.516. The van der Waals surface area contributed by atoms with Crippen LogP contribution in [0, 0.1) is 11.7 Å². The van der Waals surface area contributed by atoms with Gasteiger partial charge in [-0.15, -0.1) is 0 Å². The van der Waals surface area contributed by atoms with Gasteiger partial charge in [-0.2, -0.15) is 0 Å². The fraction of sp³-hybridized carbons (Fsp3) is 0.533. The standard InChI is InChI=1S/C15H20FNO2/c1-2-10-3-6-12(7-4-10)17-15(19)13-9-11(16)5-8-14(13)18/h5,8-10,12,18H,2-4,6-7H2,1H3,(H,17,19). The van der Waals surface area contributed by atoms with Crippen molar-refractivity contribution in [3.05, 3.63) is 29.6 Å². The minimum absolute atomic E-state index is 0.0117. The van der Waals surface area contributed by atoms with Gasteiger partial charge in [0, 0.05) is 6.04 Å². The van der Waals surface area contributed by atoms with E-state index in [0.717, 1.165) is 43.7 Å². The van der Waals surface area contributed by atoms with Crippen LogP contribution in [-0.4, -0.2) is 17.1 Å². The lowest BCUT2D eigenvalue weighted by Gasteiger charge is -2.28. The number of phenolic OH excluding ortho intramolecular Hbond substituents is 1. The van der Waals surface area contributed by atoms with Crippen LogP contribution in [0.3, 0.4) is 0 Å². The number of carbonyl (C=O) groups excluding carboxylic acids is 1. The first-order valence-corrected chi connectivity index (χ1v) is 6.89. The lowest BCUT2D eigenvalue weighted by molar-refractivity contribution is 0.0918. The number of phenols is 1. The quantitative estimate of drug-likeness (QED) is 0.881. The molecule has 0 bridgehead atoms. The van der Waals surface area contributed by atoms with E-state index in [1.165, 1.54) is 12.5 Å². The number of nitrogens with one attached hydrogen (secondary N) is 1. The van der Waals surface area contributed by atoms with Gasteiger partial charge in [-0.3, -0.25) is 4.79 Å². The van der Waals surface area contributed by atoms with Crippen molar-refractivity contribution in [2.75, 3.05) is 0 Å². The number of amides is 1. The molecule has 0 spiro atoms. The molecule has 0 aliphatic heterocycles. The molecule has 0 heterocycles. The van der Waals surface area contributed by atoms with Crippen molar-refractivity contribution in [2.45, 2.75) is 45.1 Å². The van der Waals surface area contributed by atoms with E-state index < -0.39 is 11.7 Å². The molecule has 0 unspecified atom stereocenters. The lowest BCUT2D eigenvalue weighted by atomic mass is 9.84. The molecule has 3 nitrogen and oxygen atoms in total. The SMILES string of the molecule is CCC1CCC(NC(=O)c2cc(F)ccc2O)CC1. The number of rotatable bonds is 3. The summed E-state index contributed by atoms with van der Waals surface area (Å²) < 4.78 is 13.1. The van der Waals surface area contributed by atoms with Crippen molar-refractivity contribution in [1.29, 1.82) is 0 Å². The first-order chi connectivity index (χ1) is 9.10. The van der Waals surface area contributed by atoms with Gasteiger partial charge in [-0.1, -0.05) is 13.3 Å². The summed E-state index contributed by atoms with van der Waals surface area (Å²) in [4.78, 5) is 12.0. The van der Waals surface area contributed by atoms with Crippen molar-refractivity contribution in [2.24, 2.45) is 5.92 Å². The highest BCUT2D eigenvalue weighted by molar-refractivity contribution is 5.96. The third kappa shape index (κ3) is 3.46. The van der Waals surface area contributed by atoms with E-state index in [4.69, 9.17) is 0 Å². The highest BCUT2D eigenvalue weighted by atomic mass is 19.1. The summed E-state index contributed by atoms with van der Waals surface area (Å²) in [6, 6.07) is 3.55. The second-order valence-electron chi connectivity index (χ2n) is 5.26. The molecule has 1 aliphatic carbocycles. The number of aromatic hydroxyl groups is 1. The largest absolute Gasteiger partial charge is 0.507 e. The Bertz CT molecular complexity index is 453. The molecule has 1 aromatic rings. The molecule has 2 N–H and O–H groups in total. The summed E-state index contributed by atoms with van der Waals surface area (Å²) in [5.74, 6) is -0.327. The number of halogens is 1. The smallest absolute Gasteiger partial charge is 0.255 e. The Morgan fingerprint density at radius 2 is 2.05 bits per heavy atom. The summed E-state index contributed by atoms with van der Waals surface area (Å²) in [7, 11) is 0. The van der Waals surface area contributed by atoms with Crippen molar-refractivity contribution < 1.29 is 14.3 Å². The zero-order valence-corrected chi connectivity index (χ0v) is 11.2. The summed E-state index contributed by atoms with van der Waals surface area (Å²) in [5.41, 5.74) is 0.0117.